The fourth-order valence-electron chi connectivity index (χ4n) is 1.73. The van der Waals surface area contributed by atoms with Gasteiger partial charge in [0.2, 0.25) is 0 Å². The number of pyridine rings is 1. The summed E-state index contributed by atoms with van der Waals surface area (Å²) in [4.78, 5) is 14.8. The third kappa shape index (κ3) is 3.94. The van der Waals surface area contributed by atoms with Crippen LogP contribution < -0.4 is 4.74 Å². The first-order chi connectivity index (χ1) is 10.6. The van der Waals surface area contributed by atoms with Gasteiger partial charge in [-0.15, -0.1) is 0 Å². The largest absolute Gasteiger partial charge is 0.488 e. The minimum Gasteiger partial charge on any atom is -0.488 e. The minimum absolute atomic E-state index is 0.0258. The van der Waals surface area contributed by atoms with E-state index in [1.807, 2.05) is 13.8 Å². The Bertz CT molecular complexity index is 775. The van der Waals surface area contributed by atoms with Crippen molar-refractivity contribution in [1.29, 1.82) is 5.26 Å². The lowest BCUT2D eigenvalue weighted by molar-refractivity contribution is 0.112. The minimum atomic E-state index is -0.0258. The predicted molar refractivity (Wildman–Crippen MR) is 82.5 cm³/mol. The van der Waals surface area contributed by atoms with Gasteiger partial charge in [-0.25, -0.2) is 4.98 Å². The Morgan fingerprint density at radius 1 is 1.23 bits per heavy atom. The normalized spacial score (nSPS) is 9.55. The second-order valence-corrected chi connectivity index (χ2v) is 4.83. The zero-order chi connectivity index (χ0) is 15.9. The van der Waals surface area contributed by atoms with Gasteiger partial charge in [-0.3, -0.25) is 4.79 Å². The molecule has 1 heterocycles. The molecule has 0 spiro atoms. The molecule has 0 N–H and O–H groups in total. The molecule has 0 aliphatic heterocycles. The van der Waals surface area contributed by atoms with Crippen molar-refractivity contribution in [3.63, 3.8) is 0 Å². The Kier molecular flexibility index (Phi) is 4.90. The summed E-state index contributed by atoms with van der Waals surface area (Å²) in [6, 6.07) is 10.6. The highest BCUT2D eigenvalue weighted by Crippen LogP contribution is 2.18. The van der Waals surface area contributed by atoms with E-state index in [0.717, 1.165) is 11.8 Å². The van der Waals surface area contributed by atoms with E-state index in [-0.39, 0.29) is 6.10 Å². The molecule has 0 fully saturated rings. The summed E-state index contributed by atoms with van der Waals surface area (Å²) in [5, 5.41) is 9.16. The number of rotatable bonds is 3. The Morgan fingerprint density at radius 3 is 2.55 bits per heavy atom. The maximum Gasteiger partial charge on any atom is 0.155 e. The highest BCUT2D eigenvalue weighted by molar-refractivity contribution is 5.74. The Balaban J connectivity index is 2.25. The molecule has 0 bridgehead atoms. The van der Waals surface area contributed by atoms with E-state index in [2.05, 4.69) is 22.9 Å². The van der Waals surface area contributed by atoms with Gasteiger partial charge in [0.15, 0.2) is 5.75 Å². The quantitative estimate of drug-likeness (QED) is 0.644. The number of nitrogens with zero attached hydrogens (tertiary/aromatic N) is 2. The predicted octanol–water partition coefficient (Wildman–Crippen LogP) is 2.95. The first-order valence-corrected chi connectivity index (χ1v) is 6.76. The lowest BCUT2D eigenvalue weighted by atomic mass is 10.1. The monoisotopic (exact) mass is 290 g/mol. The molecule has 22 heavy (non-hydrogen) atoms. The van der Waals surface area contributed by atoms with Gasteiger partial charge in [0.25, 0.3) is 0 Å². The molecule has 4 nitrogen and oxygen atoms in total. The lowest BCUT2D eigenvalue weighted by Crippen LogP contribution is -2.07. The van der Waals surface area contributed by atoms with Crippen LogP contribution in [0.5, 0.6) is 5.75 Å². The molecule has 1 aromatic carbocycles. The van der Waals surface area contributed by atoms with Crippen molar-refractivity contribution in [2.75, 3.05) is 0 Å². The fraction of sp³-hybridized carbons (Fsp3) is 0.167. The smallest absolute Gasteiger partial charge is 0.155 e. The average Bonchev–Trinajstić information content (AvgIpc) is 2.54. The molecule has 0 aliphatic carbocycles. The maximum absolute atomic E-state index is 10.6. The molecule has 4 heteroatoms. The van der Waals surface area contributed by atoms with E-state index in [0.29, 0.717) is 22.6 Å². The van der Waals surface area contributed by atoms with Crippen LogP contribution >= 0.6 is 0 Å². The van der Waals surface area contributed by atoms with Crippen molar-refractivity contribution in [3.8, 4) is 23.7 Å². The molecule has 0 unspecified atom stereocenters. The fourth-order valence-corrected chi connectivity index (χ4v) is 1.73. The van der Waals surface area contributed by atoms with E-state index in [4.69, 9.17) is 10.00 Å². The van der Waals surface area contributed by atoms with Gasteiger partial charge in [0.1, 0.15) is 18.0 Å². The van der Waals surface area contributed by atoms with Crippen molar-refractivity contribution < 1.29 is 9.53 Å². The van der Waals surface area contributed by atoms with Crippen LogP contribution in [0.15, 0.2) is 36.5 Å². The van der Waals surface area contributed by atoms with Crippen molar-refractivity contribution >= 4 is 6.29 Å². The van der Waals surface area contributed by atoms with Crippen molar-refractivity contribution in [1.82, 2.24) is 4.98 Å². The first-order valence-electron chi connectivity index (χ1n) is 6.76. The third-order valence-corrected chi connectivity index (χ3v) is 2.73. The summed E-state index contributed by atoms with van der Waals surface area (Å²) in [6.45, 7) is 3.77. The Hall–Kier alpha value is -3.11. The van der Waals surface area contributed by atoms with E-state index in [1.54, 1.807) is 30.3 Å². The highest BCUT2D eigenvalue weighted by Gasteiger charge is 2.06. The third-order valence-electron chi connectivity index (χ3n) is 2.73. The van der Waals surface area contributed by atoms with Crippen LogP contribution in [0.1, 0.15) is 41.0 Å². The second kappa shape index (κ2) is 7.06. The summed E-state index contributed by atoms with van der Waals surface area (Å²) in [6.07, 6.45) is 2.27. The topological polar surface area (TPSA) is 63.0 Å². The van der Waals surface area contributed by atoms with Crippen LogP contribution in [0.2, 0.25) is 0 Å². The molecule has 0 saturated carbocycles. The highest BCUT2D eigenvalue weighted by atomic mass is 16.5. The summed E-state index contributed by atoms with van der Waals surface area (Å²) < 4.78 is 5.51. The van der Waals surface area contributed by atoms with Crippen LogP contribution in [0, 0.1) is 23.2 Å². The first kappa shape index (κ1) is 15.3. The SMILES string of the molecule is CC(C)Oc1cnc(C#Cc2ccc(C=O)cc2)cc1C#N. The van der Waals surface area contributed by atoms with Crippen LogP contribution in [0.25, 0.3) is 0 Å². The molecular formula is C18H14N2O2. The van der Waals surface area contributed by atoms with Crippen LogP contribution in [0.3, 0.4) is 0 Å². The average molecular weight is 290 g/mol. The van der Waals surface area contributed by atoms with Crippen LogP contribution in [0.4, 0.5) is 0 Å². The molecule has 0 atom stereocenters. The number of hydrogen-bond acceptors (Lipinski definition) is 4. The summed E-state index contributed by atoms with van der Waals surface area (Å²) in [7, 11) is 0. The molecule has 0 saturated heterocycles. The zero-order valence-corrected chi connectivity index (χ0v) is 12.3. The van der Waals surface area contributed by atoms with E-state index < -0.39 is 0 Å². The van der Waals surface area contributed by atoms with Gasteiger partial charge < -0.3 is 4.74 Å². The lowest BCUT2D eigenvalue weighted by Gasteiger charge is -2.10. The van der Waals surface area contributed by atoms with E-state index >= 15 is 0 Å². The molecule has 108 valence electrons. The molecule has 2 rings (SSSR count). The van der Waals surface area contributed by atoms with Gasteiger partial charge in [-0.1, -0.05) is 18.1 Å². The number of carbonyl (C=O) groups is 1. The Labute approximate surface area is 129 Å². The van der Waals surface area contributed by atoms with Crippen molar-refractivity contribution in [2.24, 2.45) is 0 Å². The number of aldehydes is 1. The number of aromatic nitrogens is 1. The van der Waals surface area contributed by atoms with Crippen molar-refractivity contribution in [3.05, 3.63) is 58.9 Å². The second-order valence-electron chi connectivity index (χ2n) is 4.83. The van der Waals surface area contributed by atoms with Gasteiger partial charge in [0, 0.05) is 11.1 Å². The molecule has 0 aliphatic rings. The number of ether oxygens (including phenoxy) is 1. The summed E-state index contributed by atoms with van der Waals surface area (Å²) >= 11 is 0. The van der Waals surface area contributed by atoms with Crippen LogP contribution in [-0.4, -0.2) is 17.4 Å². The summed E-state index contributed by atoms with van der Waals surface area (Å²) in [5.74, 6) is 6.30. The van der Waals surface area contributed by atoms with Crippen LogP contribution in [-0.2, 0) is 0 Å². The van der Waals surface area contributed by atoms with E-state index in [9.17, 15) is 4.79 Å². The Morgan fingerprint density at radius 2 is 1.95 bits per heavy atom. The maximum atomic E-state index is 10.6. The molecule has 1 aromatic heterocycles. The number of nitriles is 1. The number of carbonyl (C=O) groups excluding carboxylic acids is 1. The molecule has 2 aromatic rings. The molecular weight excluding hydrogens is 276 g/mol. The zero-order valence-electron chi connectivity index (χ0n) is 12.3. The van der Waals surface area contributed by atoms with Gasteiger partial charge in [-0.2, -0.15) is 5.26 Å². The van der Waals surface area contributed by atoms with E-state index in [1.165, 1.54) is 6.20 Å². The van der Waals surface area contributed by atoms with Crippen molar-refractivity contribution in [2.45, 2.75) is 20.0 Å². The molecule has 0 radical (unpaired) electrons. The molecule has 0 amide bonds. The number of hydrogen-bond donors (Lipinski definition) is 0. The van der Waals surface area contributed by atoms with Gasteiger partial charge >= 0.3 is 0 Å². The number of benzene rings is 1. The summed E-state index contributed by atoms with van der Waals surface area (Å²) in [5.41, 5.74) is 2.27. The standard InChI is InChI=1S/C18H14N2O2/c1-13(2)22-18-11-20-17(9-16(18)10-19)8-7-14-3-5-15(12-21)6-4-14/h3-6,9,11-13H,1-2H3. The van der Waals surface area contributed by atoms with Gasteiger partial charge in [-0.05, 0) is 38.0 Å². The van der Waals surface area contributed by atoms with Gasteiger partial charge in [0.05, 0.1) is 17.9 Å².